The predicted molar refractivity (Wildman–Crippen MR) is 94.6 cm³/mol. The zero-order chi connectivity index (χ0) is 17.5. The molecule has 0 aromatic heterocycles. The summed E-state index contributed by atoms with van der Waals surface area (Å²) in [5, 5.41) is 2.81. The maximum absolute atomic E-state index is 12.4. The summed E-state index contributed by atoms with van der Waals surface area (Å²) in [6.45, 7) is 5.13. The van der Waals surface area contributed by atoms with Gasteiger partial charge in [-0.05, 0) is 44.2 Å². The van der Waals surface area contributed by atoms with Gasteiger partial charge in [-0.3, -0.25) is 9.59 Å². The van der Waals surface area contributed by atoms with Crippen molar-refractivity contribution in [2.75, 3.05) is 25.5 Å². The molecule has 2 amide bonds. The summed E-state index contributed by atoms with van der Waals surface area (Å²) in [6, 6.07) is 13.9. The van der Waals surface area contributed by atoms with Crippen molar-refractivity contribution in [1.29, 1.82) is 0 Å². The van der Waals surface area contributed by atoms with Gasteiger partial charge in [0.15, 0.2) is 0 Å². The van der Waals surface area contributed by atoms with Crippen LogP contribution in [0.25, 0.3) is 0 Å². The highest BCUT2D eigenvalue weighted by atomic mass is 16.5. The summed E-state index contributed by atoms with van der Waals surface area (Å²) in [5.41, 5.74) is 1.59. The van der Waals surface area contributed by atoms with E-state index in [-0.39, 0.29) is 11.8 Å². The normalized spacial score (nSPS) is 10.1. The molecule has 0 aliphatic rings. The molecule has 2 aromatic rings. The lowest BCUT2D eigenvalue weighted by Gasteiger charge is -2.18. The predicted octanol–water partition coefficient (Wildman–Crippen LogP) is 3.43. The minimum Gasteiger partial charge on any atom is -0.497 e. The third-order valence-corrected chi connectivity index (χ3v) is 3.75. The SMILES string of the molecule is CCN(CC)C(=O)c1cccc(C(=O)Nc2cccc(OC)c2)c1. The van der Waals surface area contributed by atoms with Gasteiger partial charge in [-0.15, -0.1) is 0 Å². The van der Waals surface area contributed by atoms with Gasteiger partial charge >= 0.3 is 0 Å². The second-order valence-corrected chi connectivity index (χ2v) is 5.24. The average Bonchev–Trinajstić information content (AvgIpc) is 2.63. The monoisotopic (exact) mass is 326 g/mol. The zero-order valence-electron chi connectivity index (χ0n) is 14.2. The third-order valence-electron chi connectivity index (χ3n) is 3.75. The fourth-order valence-electron chi connectivity index (χ4n) is 2.39. The minimum absolute atomic E-state index is 0.0731. The number of rotatable bonds is 6. The highest BCUT2D eigenvalue weighted by Gasteiger charge is 2.14. The second-order valence-electron chi connectivity index (χ2n) is 5.24. The van der Waals surface area contributed by atoms with Gasteiger partial charge in [0.1, 0.15) is 5.75 Å². The molecule has 0 fully saturated rings. The molecule has 0 aliphatic carbocycles. The number of nitrogens with zero attached hydrogens (tertiary/aromatic N) is 1. The third kappa shape index (κ3) is 4.13. The van der Waals surface area contributed by atoms with Crippen LogP contribution >= 0.6 is 0 Å². The van der Waals surface area contributed by atoms with Crippen LogP contribution < -0.4 is 10.1 Å². The first-order chi connectivity index (χ1) is 11.6. The zero-order valence-corrected chi connectivity index (χ0v) is 14.2. The lowest BCUT2D eigenvalue weighted by molar-refractivity contribution is 0.0773. The van der Waals surface area contributed by atoms with Gasteiger partial charge in [0, 0.05) is 36.0 Å². The fourth-order valence-corrected chi connectivity index (χ4v) is 2.39. The average molecular weight is 326 g/mol. The molecule has 0 radical (unpaired) electrons. The largest absolute Gasteiger partial charge is 0.497 e. The number of ether oxygens (including phenoxy) is 1. The topological polar surface area (TPSA) is 58.6 Å². The summed E-state index contributed by atoms with van der Waals surface area (Å²) < 4.78 is 5.14. The quantitative estimate of drug-likeness (QED) is 0.885. The van der Waals surface area contributed by atoms with E-state index in [4.69, 9.17) is 4.74 Å². The number of hydrogen-bond acceptors (Lipinski definition) is 3. The number of hydrogen-bond donors (Lipinski definition) is 1. The van der Waals surface area contributed by atoms with E-state index in [1.54, 1.807) is 60.5 Å². The van der Waals surface area contributed by atoms with Crippen molar-refractivity contribution in [3.63, 3.8) is 0 Å². The van der Waals surface area contributed by atoms with Crippen LogP contribution in [0.5, 0.6) is 5.75 Å². The molecule has 5 heteroatoms. The molecular weight excluding hydrogens is 304 g/mol. The van der Waals surface area contributed by atoms with Crippen LogP contribution in [0.4, 0.5) is 5.69 Å². The number of anilines is 1. The van der Waals surface area contributed by atoms with Gasteiger partial charge < -0.3 is 15.0 Å². The molecule has 5 nitrogen and oxygen atoms in total. The molecule has 24 heavy (non-hydrogen) atoms. The van der Waals surface area contributed by atoms with Gasteiger partial charge in [-0.1, -0.05) is 12.1 Å². The van der Waals surface area contributed by atoms with Crippen LogP contribution in [0.15, 0.2) is 48.5 Å². The molecule has 0 aliphatic heterocycles. The van der Waals surface area contributed by atoms with Crippen LogP contribution in [0.2, 0.25) is 0 Å². The number of nitrogens with one attached hydrogen (secondary N) is 1. The maximum Gasteiger partial charge on any atom is 0.255 e. The molecule has 0 spiro atoms. The van der Waals surface area contributed by atoms with Crippen molar-refractivity contribution >= 4 is 17.5 Å². The Hall–Kier alpha value is -2.82. The van der Waals surface area contributed by atoms with E-state index in [2.05, 4.69) is 5.32 Å². The highest BCUT2D eigenvalue weighted by Crippen LogP contribution is 2.18. The van der Waals surface area contributed by atoms with Crippen molar-refractivity contribution < 1.29 is 14.3 Å². The minimum atomic E-state index is -0.266. The summed E-state index contributed by atoms with van der Waals surface area (Å²) in [5.74, 6) is 0.326. The molecule has 0 saturated carbocycles. The molecule has 0 atom stereocenters. The van der Waals surface area contributed by atoms with E-state index in [0.717, 1.165) is 0 Å². The van der Waals surface area contributed by atoms with Gasteiger partial charge in [0.05, 0.1) is 7.11 Å². The number of methoxy groups -OCH3 is 1. The number of carbonyl (C=O) groups excluding carboxylic acids is 2. The first kappa shape index (κ1) is 17.5. The maximum atomic E-state index is 12.4. The van der Waals surface area contributed by atoms with Crippen molar-refractivity contribution in [3.8, 4) is 5.75 Å². The molecule has 2 aromatic carbocycles. The van der Waals surface area contributed by atoms with Crippen LogP contribution in [0, 0.1) is 0 Å². The molecule has 126 valence electrons. The Morgan fingerprint density at radius 1 is 1.00 bits per heavy atom. The Morgan fingerprint density at radius 2 is 1.67 bits per heavy atom. The van der Waals surface area contributed by atoms with E-state index in [0.29, 0.717) is 35.7 Å². The van der Waals surface area contributed by atoms with E-state index in [9.17, 15) is 9.59 Å². The molecule has 0 unspecified atom stereocenters. The summed E-state index contributed by atoms with van der Waals surface area (Å²) >= 11 is 0. The van der Waals surface area contributed by atoms with E-state index < -0.39 is 0 Å². The van der Waals surface area contributed by atoms with Gasteiger partial charge in [-0.25, -0.2) is 0 Å². The van der Waals surface area contributed by atoms with Gasteiger partial charge in [0.2, 0.25) is 0 Å². The first-order valence-corrected chi connectivity index (χ1v) is 7.93. The first-order valence-electron chi connectivity index (χ1n) is 7.93. The Bertz CT molecular complexity index is 724. The summed E-state index contributed by atoms with van der Waals surface area (Å²) in [6.07, 6.45) is 0. The van der Waals surface area contributed by atoms with Crippen LogP contribution in [-0.2, 0) is 0 Å². The molecule has 0 saturated heterocycles. The fraction of sp³-hybridized carbons (Fsp3) is 0.263. The van der Waals surface area contributed by atoms with Crippen molar-refractivity contribution in [2.45, 2.75) is 13.8 Å². The number of carbonyl (C=O) groups is 2. The lowest BCUT2D eigenvalue weighted by Crippen LogP contribution is -2.30. The molecule has 0 bridgehead atoms. The summed E-state index contributed by atoms with van der Waals surface area (Å²) in [4.78, 5) is 26.5. The molecular formula is C19H22N2O3. The standard InChI is InChI=1S/C19H22N2O3/c1-4-21(5-2)19(23)15-9-6-8-14(12-15)18(22)20-16-10-7-11-17(13-16)24-3/h6-13H,4-5H2,1-3H3,(H,20,22). The second kappa shape index (κ2) is 8.15. The Morgan fingerprint density at radius 3 is 2.33 bits per heavy atom. The molecule has 0 heterocycles. The Kier molecular flexibility index (Phi) is 5.95. The van der Waals surface area contributed by atoms with Crippen molar-refractivity contribution in [3.05, 3.63) is 59.7 Å². The van der Waals surface area contributed by atoms with E-state index in [1.165, 1.54) is 0 Å². The Balaban J connectivity index is 2.18. The van der Waals surface area contributed by atoms with Crippen LogP contribution in [0.1, 0.15) is 34.6 Å². The van der Waals surface area contributed by atoms with Crippen molar-refractivity contribution in [1.82, 2.24) is 4.90 Å². The van der Waals surface area contributed by atoms with Gasteiger partial charge in [-0.2, -0.15) is 0 Å². The number of benzene rings is 2. The highest BCUT2D eigenvalue weighted by molar-refractivity contribution is 6.06. The summed E-state index contributed by atoms with van der Waals surface area (Å²) in [7, 11) is 1.57. The Labute approximate surface area is 142 Å². The van der Waals surface area contributed by atoms with Crippen LogP contribution in [0.3, 0.4) is 0 Å². The molecule has 1 N–H and O–H groups in total. The lowest BCUT2D eigenvalue weighted by atomic mass is 10.1. The smallest absolute Gasteiger partial charge is 0.255 e. The van der Waals surface area contributed by atoms with E-state index in [1.807, 2.05) is 13.8 Å². The van der Waals surface area contributed by atoms with Crippen LogP contribution in [-0.4, -0.2) is 36.9 Å². The van der Waals surface area contributed by atoms with Gasteiger partial charge in [0.25, 0.3) is 11.8 Å². The molecule has 2 rings (SSSR count). The van der Waals surface area contributed by atoms with E-state index >= 15 is 0 Å². The number of amides is 2. The van der Waals surface area contributed by atoms with Crippen molar-refractivity contribution in [2.24, 2.45) is 0 Å².